The highest BCUT2D eigenvalue weighted by Gasteiger charge is 2.38. The molecule has 2 saturated heterocycles. The van der Waals surface area contributed by atoms with E-state index in [1.165, 1.54) is 0 Å². The summed E-state index contributed by atoms with van der Waals surface area (Å²) in [4.78, 5) is 4.67. The maximum Gasteiger partial charge on any atom is 0.157 e. The molecule has 0 aromatic rings. The minimum Gasteiger partial charge on any atom is -0.381 e. The molecular formula is C12H22N2OS. The van der Waals surface area contributed by atoms with Gasteiger partial charge in [-0.05, 0) is 18.3 Å². The highest BCUT2D eigenvalue weighted by Crippen LogP contribution is 2.32. The lowest BCUT2D eigenvalue weighted by molar-refractivity contribution is 0.0555. The summed E-state index contributed by atoms with van der Waals surface area (Å²) in [6, 6.07) is 0. The number of nitrogens with one attached hydrogen (secondary N) is 1. The summed E-state index contributed by atoms with van der Waals surface area (Å²) in [5, 5.41) is 4.75. The molecule has 2 heterocycles. The predicted molar refractivity (Wildman–Crippen MR) is 70.1 cm³/mol. The maximum atomic E-state index is 5.42. The van der Waals surface area contributed by atoms with Crippen molar-refractivity contribution < 1.29 is 4.74 Å². The second-order valence-electron chi connectivity index (χ2n) is 5.99. The summed E-state index contributed by atoms with van der Waals surface area (Å²) in [6.07, 6.45) is 2.24. The Hall–Kier alpha value is -0.220. The summed E-state index contributed by atoms with van der Waals surface area (Å²) in [5.74, 6) is 1.15. The molecule has 0 bridgehead atoms. The van der Waals surface area contributed by atoms with Crippen LogP contribution in [0.4, 0.5) is 0 Å². The first-order valence-electron chi connectivity index (χ1n) is 6.02. The molecule has 0 aromatic carbocycles. The normalized spacial score (nSPS) is 27.3. The molecule has 2 fully saturated rings. The molecule has 0 atom stereocenters. The Morgan fingerprint density at radius 2 is 2.06 bits per heavy atom. The Kier molecular flexibility index (Phi) is 3.50. The van der Waals surface area contributed by atoms with Crippen LogP contribution in [0.2, 0.25) is 0 Å². The summed E-state index contributed by atoms with van der Waals surface area (Å²) in [6.45, 7) is 9.35. The Balaban J connectivity index is 1.92. The second kappa shape index (κ2) is 4.57. The SMILES string of the molecule is CC(C)(C)CN=C1NC2(CCOCC2)CS1. The van der Waals surface area contributed by atoms with Crippen molar-refractivity contribution in [2.45, 2.75) is 39.2 Å². The average molecular weight is 242 g/mol. The topological polar surface area (TPSA) is 33.6 Å². The second-order valence-corrected chi connectivity index (χ2v) is 6.95. The molecule has 2 rings (SSSR count). The Bertz CT molecular complexity index is 277. The van der Waals surface area contributed by atoms with Gasteiger partial charge < -0.3 is 10.1 Å². The number of hydrogen-bond donors (Lipinski definition) is 1. The van der Waals surface area contributed by atoms with Crippen molar-refractivity contribution in [3.63, 3.8) is 0 Å². The number of thioether (sulfide) groups is 1. The first kappa shape index (κ1) is 12.2. The van der Waals surface area contributed by atoms with Crippen LogP contribution in [0.1, 0.15) is 33.6 Å². The summed E-state index contributed by atoms with van der Waals surface area (Å²) in [7, 11) is 0. The van der Waals surface area contributed by atoms with E-state index in [2.05, 4.69) is 31.1 Å². The Morgan fingerprint density at radius 3 is 2.69 bits per heavy atom. The fourth-order valence-corrected chi connectivity index (χ4v) is 3.15. The maximum absolute atomic E-state index is 5.42. The minimum atomic E-state index is 0.277. The molecule has 92 valence electrons. The fourth-order valence-electron chi connectivity index (χ4n) is 1.93. The van der Waals surface area contributed by atoms with E-state index < -0.39 is 0 Å². The highest BCUT2D eigenvalue weighted by atomic mass is 32.2. The van der Waals surface area contributed by atoms with Gasteiger partial charge in [-0.1, -0.05) is 32.5 Å². The standard InChI is InChI=1S/C12H22N2OS/c1-11(2,3)8-13-10-14-12(9-16-10)4-6-15-7-5-12/h4-9H2,1-3H3,(H,13,14). The fraction of sp³-hybridized carbons (Fsp3) is 0.917. The molecular weight excluding hydrogens is 220 g/mol. The van der Waals surface area contributed by atoms with Crippen molar-refractivity contribution in [3.05, 3.63) is 0 Å². The van der Waals surface area contributed by atoms with Crippen LogP contribution in [-0.2, 0) is 4.74 Å². The minimum absolute atomic E-state index is 0.277. The number of hydrogen-bond acceptors (Lipinski definition) is 3. The van der Waals surface area contributed by atoms with Crippen LogP contribution in [0.25, 0.3) is 0 Å². The van der Waals surface area contributed by atoms with E-state index in [1.54, 1.807) is 0 Å². The van der Waals surface area contributed by atoms with Crippen molar-refractivity contribution in [2.75, 3.05) is 25.5 Å². The van der Waals surface area contributed by atoms with Gasteiger partial charge in [-0.2, -0.15) is 0 Å². The van der Waals surface area contributed by atoms with E-state index in [9.17, 15) is 0 Å². The molecule has 1 N–H and O–H groups in total. The van der Waals surface area contributed by atoms with Crippen molar-refractivity contribution in [3.8, 4) is 0 Å². The first-order valence-corrected chi connectivity index (χ1v) is 7.01. The van der Waals surface area contributed by atoms with Crippen molar-refractivity contribution in [1.29, 1.82) is 0 Å². The summed E-state index contributed by atoms with van der Waals surface area (Å²) in [5.41, 5.74) is 0.556. The highest BCUT2D eigenvalue weighted by molar-refractivity contribution is 8.14. The van der Waals surface area contributed by atoms with Gasteiger partial charge >= 0.3 is 0 Å². The van der Waals surface area contributed by atoms with Gasteiger partial charge in [0.05, 0.1) is 5.54 Å². The molecule has 16 heavy (non-hydrogen) atoms. The summed E-state index contributed by atoms with van der Waals surface area (Å²) < 4.78 is 5.42. The zero-order valence-electron chi connectivity index (χ0n) is 10.5. The number of nitrogens with zero attached hydrogens (tertiary/aromatic N) is 1. The van der Waals surface area contributed by atoms with Crippen molar-refractivity contribution in [1.82, 2.24) is 5.32 Å². The van der Waals surface area contributed by atoms with Crippen molar-refractivity contribution >= 4 is 16.9 Å². The van der Waals surface area contributed by atoms with Crippen LogP contribution in [0.3, 0.4) is 0 Å². The van der Waals surface area contributed by atoms with Gasteiger partial charge in [-0.15, -0.1) is 0 Å². The summed E-state index contributed by atoms with van der Waals surface area (Å²) >= 11 is 1.87. The van der Waals surface area contributed by atoms with Crippen LogP contribution >= 0.6 is 11.8 Å². The van der Waals surface area contributed by atoms with E-state index in [0.717, 1.165) is 43.5 Å². The molecule has 4 heteroatoms. The lowest BCUT2D eigenvalue weighted by Crippen LogP contribution is -2.48. The van der Waals surface area contributed by atoms with Gasteiger partial charge in [-0.25, -0.2) is 0 Å². The number of ether oxygens (including phenoxy) is 1. The van der Waals surface area contributed by atoms with Crippen LogP contribution in [0, 0.1) is 5.41 Å². The molecule has 1 spiro atoms. The van der Waals surface area contributed by atoms with E-state index >= 15 is 0 Å². The van der Waals surface area contributed by atoms with E-state index in [-0.39, 0.29) is 11.0 Å². The molecule has 0 aliphatic carbocycles. The van der Waals surface area contributed by atoms with Crippen LogP contribution in [0.5, 0.6) is 0 Å². The Morgan fingerprint density at radius 1 is 1.38 bits per heavy atom. The molecule has 0 radical (unpaired) electrons. The molecule has 3 nitrogen and oxygen atoms in total. The molecule has 0 saturated carbocycles. The molecule has 2 aliphatic rings. The zero-order valence-corrected chi connectivity index (χ0v) is 11.3. The number of amidine groups is 1. The van der Waals surface area contributed by atoms with Crippen molar-refractivity contribution in [2.24, 2.45) is 10.4 Å². The zero-order chi connectivity index (χ0) is 11.6. The van der Waals surface area contributed by atoms with E-state index in [4.69, 9.17) is 4.74 Å². The van der Waals surface area contributed by atoms with Gasteiger partial charge in [0.15, 0.2) is 5.17 Å². The van der Waals surface area contributed by atoms with E-state index in [0.29, 0.717) is 0 Å². The average Bonchev–Trinajstić information content (AvgIpc) is 2.59. The van der Waals surface area contributed by atoms with Crippen LogP contribution < -0.4 is 5.32 Å². The smallest absolute Gasteiger partial charge is 0.157 e. The van der Waals surface area contributed by atoms with Gasteiger partial charge in [-0.3, -0.25) is 4.99 Å². The van der Waals surface area contributed by atoms with Gasteiger partial charge in [0.2, 0.25) is 0 Å². The van der Waals surface area contributed by atoms with Gasteiger partial charge in [0.1, 0.15) is 0 Å². The molecule has 0 aromatic heterocycles. The number of aliphatic imine (C=N–C) groups is 1. The third kappa shape index (κ3) is 3.14. The molecule has 0 amide bonds. The lowest BCUT2D eigenvalue weighted by Gasteiger charge is -2.32. The number of rotatable bonds is 1. The third-order valence-electron chi connectivity index (χ3n) is 3.00. The van der Waals surface area contributed by atoms with Gasteiger partial charge in [0.25, 0.3) is 0 Å². The Labute approximate surface area is 102 Å². The molecule has 2 aliphatic heterocycles. The quantitative estimate of drug-likeness (QED) is 0.766. The van der Waals surface area contributed by atoms with Crippen LogP contribution in [-0.4, -0.2) is 36.2 Å². The van der Waals surface area contributed by atoms with E-state index in [1.807, 2.05) is 11.8 Å². The molecule has 0 unspecified atom stereocenters. The predicted octanol–water partition coefficient (Wildman–Crippen LogP) is 2.27. The monoisotopic (exact) mass is 242 g/mol. The largest absolute Gasteiger partial charge is 0.381 e. The third-order valence-corrected chi connectivity index (χ3v) is 4.21. The first-order chi connectivity index (χ1) is 7.49. The van der Waals surface area contributed by atoms with Gasteiger partial charge in [0, 0.05) is 25.5 Å². The van der Waals surface area contributed by atoms with Crippen LogP contribution in [0.15, 0.2) is 4.99 Å². The lowest BCUT2D eigenvalue weighted by atomic mass is 9.93.